The highest BCUT2D eigenvalue weighted by Gasteiger charge is 2.37. The number of ketones is 1. The molecule has 2 N–H and O–H groups in total. The molecule has 0 spiro atoms. The number of nitrogens with two attached hydrogens (primary N) is 1. The van der Waals surface area contributed by atoms with Crippen molar-refractivity contribution in [3.63, 3.8) is 0 Å². The van der Waals surface area contributed by atoms with Gasteiger partial charge in [-0.25, -0.2) is 0 Å². The fourth-order valence-electron chi connectivity index (χ4n) is 2.68. The Morgan fingerprint density at radius 2 is 2.13 bits per heavy atom. The molecular weight excluding hydrogens is 186 g/mol. The van der Waals surface area contributed by atoms with Crippen molar-refractivity contribution in [1.29, 1.82) is 0 Å². The van der Waals surface area contributed by atoms with Gasteiger partial charge < -0.3 is 5.73 Å². The van der Waals surface area contributed by atoms with E-state index in [-0.39, 0.29) is 5.41 Å². The smallest absolute Gasteiger partial charge is 0.159 e. The highest BCUT2D eigenvalue weighted by molar-refractivity contribution is 5.95. The van der Waals surface area contributed by atoms with Crippen LogP contribution < -0.4 is 5.73 Å². The van der Waals surface area contributed by atoms with Gasteiger partial charge in [0.25, 0.3) is 0 Å². The van der Waals surface area contributed by atoms with Gasteiger partial charge in [-0.15, -0.1) is 0 Å². The van der Waals surface area contributed by atoms with Crippen LogP contribution in [0, 0.1) is 5.41 Å². The van der Waals surface area contributed by atoms with Gasteiger partial charge in [0.2, 0.25) is 0 Å². The molecule has 2 aliphatic carbocycles. The van der Waals surface area contributed by atoms with Gasteiger partial charge in [0.05, 0.1) is 0 Å². The van der Waals surface area contributed by atoms with Crippen LogP contribution in [0.5, 0.6) is 0 Å². The molecule has 0 aromatic rings. The highest BCUT2D eigenvalue weighted by Crippen LogP contribution is 2.43. The van der Waals surface area contributed by atoms with Gasteiger partial charge in [-0.3, -0.25) is 4.79 Å². The molecule has 0 bridgehead atoms. The summed E-state index contributed by atoms with van der Waals surface area (Å²) in [5.41, 5.74) is 7.04. The summed E-state index contributed by atoms with van der Waals surface area (Å²) >= 11 is 0. The minimum atomic E-state index is 0.176. The van der Waals surface area contributed by atoms with E-state index >= 15 is 0 Å². The zero-order chi connectivity index (χ0) is 10.7. The molecule has 84 valence electrons. The molecule has 2 heteroatoms. The van der Waals surface area contributed by atoms with Gasteiger partial charge in [-0.1, -0.05) is 12.5 Å². The van der Waals surface area contributed by atoms with Crippen molar-refractivity contribution in [2.75, 3.05) is 6.54 Å². The molecule has 2 aliphatic rings. The van der Waals surface area contributed by atoms with Gasteiger partial charge >= 0.3 is 0 Å². The zero-order valence-electron chi connectivity index (χ0n) is 9.43. The number of allylic oxidation sites excluding steroid dienone is 2. The first kappa shape index (κ1) is 10.9. The van der Waals surface area contributed by atoms with Crippen molar-refractivity contribution in [1.82, 2.24) is 0 Å². The Bertz CT molecular complexity index is 271. The molecule has 0 aliphatic heterocycles. The molecule has 0 atom stereocenters. The number of carbonyl (C=O) groups is 1. The van der Waals surface area contributed by atoms with E-state index in [1.54, 1.807) is 0 Å². The number of carbonyl (C=O) groups excluding carboxylic acids is 1. The second-order valence-corrected chi connectivity index (χ2v) is 5.13. The molecule has 0 amide bonds. The van der Waals surface area contributed by atoms with Gasteiger partial charge in [-0.05, 0) is 56.1 Å². The molecule has 15 heavy (non-hydrogen) atoms. The Hall–Kier alpha value is -0.630. The topological polar surface area (TPSA) is 43.1 Å². The first-order valence-corrected chi connectivity index (χ1v) is 6.18. The number of hydrogen-bond donors (Lipinski definition) is 1. The van der Waals surface area contributed by atoms with E-state index in [4.69, 9.17) is 5.73 Å². The van der Waals surface area contributed by atoms with Crippen LogP contribution in [0.1, 0.15) is 51.4 Å². The average Bonchev–Trinajstić information content (AvgIpc) is 2.24. The lowest BCUT2D eigenvalue weighted by molar-refractivity contribution is -0.119. The zero-order valence-corrected chi connectivity index (χ0v) is 9.43. The van der Waals surface area contributed by atoms with Crippen molar-refractivity contribution in [3.8, 4) is 0 Å². The van der Waals surface area contributed by atoms with E-state index in [1.165, 1.54) is 19.3 Å². The molecule has 1 fully saturated rings. The maximum atomic E-state index is 12.0. The Morgan fingerprint density at radius 3 is 2.60 bits per heavy atom. The van der Waals surface area contributed by atoms with Crippen LogP contribution in [-0.2, 0) is 4.79 Å². The van der Waals surface area contributed by atoms with Crippen molar-refractivity contribution >= 4 is 5.78 Å². The van der Waals surface area contributed by atoms with E-state index < -0.39 is 0 Å². The summed E-state index contributed by atoms with van der Waals surface area (Å²) in [6, 6.07) is 0. The largest absolute Gasteiger partial charge is 0.330 e. The number of Topliss-reactive ketones (excluding diaryl/α,β-unsaturated/α-hetero) is 1. The Morgan fingerprint density at radius 1 is 1.33 bits per heavy atom. The van der Waals surface area contributed by atoms with Crippen LogP contribution >= 0.6 is 0 Å². The minimum Gasteiger partial charge on any atom is -0.330 e. The molecule has 0 aromatic carbocycles. The van der Waals surface area contributed by atoms with E-state index in [1.807, 2.05) is 0 Å². The molecule has 2 nitrogen and oxygen atoms in total. The lowest BCUT2D eigenvalue weighted by atomic mass is 9.65. The molecule has 0 unspecified atom stereocenters. The Labute approximate surface area is 91.9 Å². The SMILES string of the molecule is NCC1(CC(=O)C2=CCCCC2)CCC1. The van der Waals surface area contributed by atoms with Gasteiger partial charge in [-0.2, -0.15) is 0 Å². The van der Waals surface area contributed by atoms with E-state index in [2.05, 4.69) is 6.08 Å². The van der Waals surface area contributed by atoms with Gasteiger partial charge in [0.1, 0.15) is 0 Å². The van der Waals surface area contributed by atoms with Gasteiger partial charge in [0, 0.05) is 6.42 Å². The van der Waals surface area contributed by atoms with Crippen molar-refractivity contribution < 1.29 is 4.79 Å². The van der Waals surface area contributed by atoms with Crippen molar-refractivity contribution in [2.24, 2.45) is 11.1 Å². The van der Waals surface area contributed by atoms with Crippen molar-refractivity contribution in [2.45, 2.75) is 51.4 Å². The Balaban J connectivity index is 1.93. The maximum absolute atomic E-state index is 12.0. The molecule has 0 heterocycles. The van der Waals surface area contributed by atoms with Crippen molar-refractivity contribution in [3.05, 3.63) is 11.6 Å². The predicted molar refractivity (Wildman–Crippen MR) is 61.5 cm³/mol. The number of rotatable bonds is 4. The highest BCUT2D eigenvalue weighted by atomic mass is 16.1. The lowest BCUT2D eigenvalue weighted by Crippen LogP contribution is -2.39. The second-order valence-electron chi connectivity index (χ2n) is 5.13. The summed E-state index contributed by atoms with van der Waals surface area (Å²) in [5, 5.41) is 0. The molecular formula is C13H21NO. The molecule has 1 saturated carbocycles. The fraction of sp³-hybridized carbons (Fsp3) is 0.769. The molecule has 2 rings (SSSR count). The monoisotopic (exact) mass is 207 g/mol. The third kappa shape index (κ3) is 2.31. The molecule has 0 aromatic heterocycles. The quantitative estimate of drug-likeness (QED) is 0.770. The average molecular weight is 207 g/mol. The predicted octanol–water partition coefficient (Wildman–Crippen LogP) is 2.58. The van der Waals surface area contributed by atoms with E-state index in [0.29, 0.717) is 18.7 Å². The lowest BCUT2D eigenvalue weighted by Gasteiger charge is -2.40. The summed E-state index contributed by atoms with van der Waals surface area (Å²) in [6.07, 6.45) is 10.9. The normalized spacial score (nSPS) is 24.2. The van der Waals surface area contributed by atoms with Crippen LogP contribution in [0.4, 0.5) is 0 Å². The summed E-state index contributed by atoms with van der Waals surface area (Å²) < 4.78 is 0. The van der Waals surface area contributed by atoms with E-state index in [9.17, 15) is 4.79 Å². The second kappa shape index (κ2) is 4.48. The van der Waals surface area contributed by atoms with Crippen LogP contribution in [0.25, 0.3) is 0 Å². The van der Waals surface area contributed by atoms with Crippen LogP contribution in [0.3, 0.4) is 0 Å². The standard InChI is InChI=1S/C13H21NO/c14-10-13(7-4-8-13)9-12(15)11-5-2-1-3-6-11/h5H,1-4,6-10,14H2. The third-order valence-corrected chi connectivity index (χ3v) is 4.03. The summed E-state index contributed by atoms with van der Waals surface area (Å²) in [7, 11) is 0. The molecule has 0 saturated heterocycles. The summed E-state index contributed by atoms with van der Waals surface area (Å²) in [4.78, 5) is 12.0. The summed E-state index contributed by atoms with van der Waals surface area (Å²) in [6.45, 7) is 0.687. The first-order valence-electron chi connectivity index (χ1n) is 6.18. The maximum Gasteiger partial charge on any atom is 0.159 e. The first-order chi connectivity index (χ1) is 7.26. The molecule has 0 radical (unpaired) electrons. The minimum absolute atomic E-state index is 0.176. The third-order valence-electron chi connectivity index (χ3n) is 4.03. The van der Waals surface area contributed by atoms with Crippen LogP contribution in [-0.4, -0.2) is 12.3 Å². The summed E-state index contributed by atoms with van der Waals surface area (Å²) in [5.74, 6) is 0.375. The fourth-order valence-corrected chi connectivity index (χ4v) is 2.68. The van der Waals surface area contributed by atoms with E-state index in [0.717, 1.165) is 31.3 Å². The van der Waals surface area contributed by atoms with Crippen LogP contribution in [0.15, 0.2) is 11.6 Å². The Kier molecular flexibility index (Phi) is 3.25. The van der Waals surface area contributed by atoms with Gasteiger partial charge in [0.15, 0.2) is 5.78 Å². The number of hydrogen-bond acceptors (Lipinski definition) is 2. The van der Waals surface area contributed by atoms with Crippen LogP contribution in [0.2, 0.25) is 0 Å².